The Morgan fingerprint density at radius 3 is 2.60 bits per heavy atom. The van der Waals surface area contributed by atoms with Gasteiger partial charge in [0.05, 0.1) is 16.4 Å². The van der Waals surface area contributed by atoms with E-state index in [0.29, 0.717) is 11.4 Å². The Kier molecular flexibility index (Phi) is 4.43. The Morgan fingerprint density at radius 2 is 2.07 bits per heavy atom. The number of para-hydroxylation sites is 1. The van der Waals surface area contributed by atoms with E-state index in [2.05, 4.69) is 24.1 Å². The predicted octanol–water partition coefficient (Wildman–Crippen LogP) is 2.75. The maximum atomic E-state index is 10.5. The molecule has 1 aromatic carbocycles. The van der Waals surface area contributed by atoms with Crippen molar-refractivity contribution in [2.45, 2.75) is 13.8 Å². The highest BCUT2D eigenvalue weighted by molar-refractivity contribution is 6.34. The predicted molar refractivity (Wildman–Crippen MR) is 64.7 cm³/mol. The van der Waals surface area contributed by atoms with E-state index in [9.17, 15) is 4.79 Å². The number of amides is 1. The zero-order valence-electron chi connectivity index (χ0n) is 8.96. The normalized spacial score (nSPS) is 9.80. The number of hydrogen-bond acceptors (Lipinski definition) is 2. The van der Waals surface area contributed by atoms with Crippen molar-refractivity contribution in [1.29, 1.82) is 0 Å². The van der Waals surface area contributed by atoms with E-state index < -0.39 is 0 Å². The zero-order valence-corrected chi connectivity index (χ0v) is 9.71. The molecular weight excluding hydrogens is 212 g/mol. The van der Waals surface area contributed by atoms with Crippen LogP contribution in [-0.4, -0.2) is 19.5 Å². The molecule has 1 amide bonds. The minimum atomic E-state index is 0.658. The number of carbonyl (C=O) groups is 1. The topological polar surface area (TPSA) is 32.3 Å². The van der Waals surface area contributed by atoms with Crippen LogP contribution >= 0.6 is 11.6 Å². The molecule has 1 aromatic rings. The Morgan fingerprint density at radius 1 is 1.40 bits per heavy atom. The van der Waals surface area contributed by atoms with Crippen molar-refractivity contribution < 1.29 is 4.79 Å². The fraction of sp³-hybridized carbons (Fsp3) is 0.364. The highest BCUT2D eigenvalue weighted by Crippen LogP contribution is 2.33. The van der Waals surface area contributed by atoms with Crippen LogP contribution in [0, 0.1) is 0 Å². The number of halogens is 1. The number of nitrogens with one attached hydrogen (secondary N) is 1. The summed E-state index contributed by atoms with van der Waals surface area (Å²) < 4.78 is 0. The smallest absolute Gasteiger partial charge is 0.211 e. The highest BCUT2D eigenvalue weighted by atomic mass is 35.5. The SMILES string of the molecule is CCN(CC)c1c(Cl)cccc1NC=O. The van der Waals surface area contributed by atoms with Crippen molar-refractivity contribution in [3.05, 3.63) is 23.2 Å². The molecule has 4 heteroatoms. The van der Waals surface area contributed by atoms with Gasteiger partial charge in [-0.2, -0.15) is 0 Å². The lowest BCUT2D eigenvalue weighted by atomic mass is 10.2. The molecule has 0 spiro atoms. The van der Waals surface area contributed by atoms with Crippen LogP contribution in [0.3, 0.4) is 0 Å². The number of benzene rings is 1. The van der Waals surface area contributed by atoms with E-state index in [1.807, 2.05) is 18.2 Å². The van der Waals surface area contributed by atoms with Crippen molar-refractivity contribution in [3.63, 3.8) is 0 Å². The average molecular weight is 227 g/mol. The maximum absolute atomic E-state index is 10.5. The summed E-state index contributed by atoms with van der Waals surface area (Å²) in [6.07, 6.45) is 0.665. The molecule has 0 aliphatic heterocycles. The number of hydrogen-bond donors (Lipinski definition) is 1. The fourth-order valence-corrected chi connectivity index (χ4v) is 1.85. The molecule has 0 aliphatic carbocycles. The van der Waals surface area contributed by atoms with Gasteiger partial charge < -0.3 is 10.2 Å². The molecule has 0 bridgehead atoms. The molecule has 0 aromatic heterocycles. The Bertz CT molecular complexity index is 337. The second-order valence-electron chi connectivity index (χ2n) is 3.07. The van der Waals surface area contributed by atoms with Gasteiger partial charge in [-0.1, -0.05) is 17.7 Å². The van der Waals surface area contributed by atoms with Gasteiger partial charge in [-0.05, 0) is 26.0 Å². The van der Waals surface area contributed by atoms with Crippen molar-refractivity contribution >= 4 is 29.4 Å². The van der Waals surface area contributed by atoms with Crippen LogP contribution in [0.1, 0.15) is 13.8 Å². The van der Waals surface area contributed by atoms with E-state index in [-0.39, 0.29) is 0 Å². The standard InChI is InChI=1S/C11H15ClN2O/c1-3-14(4-2)11-9(12)6-5-7-10(11)13-8-15/h5-8H,3-4H2,1-2H3,(H,13,15). The third-order valence-corrected chi connectivity index (χ3v) is 2.59. The molecule has 15 heavy (non-hydrogen) atoms. The van der Waals surface area contributed by atoms with Gasteiger partial charge in [0, 0.05) is 13.1 Å². The lowest BCUT2D eigenvalue weighted by Crippen LogP contribution is -2.23. The summed E-state index contributed by atoms with van der Waals surface area (Å²) in [4.78, 5) is 12.6. The third-order valence-electron chi connectivity index (χ3n) is 2.28. The number of rotatable bonds is 5. The van der Waals surface area contributed by atoms with E-state index in [1.54, 1.807) is 0 Å². The molecular formula is C11H15ClN2O. The van der Waals surface area contributed by atoms with Crippen LogP contribution in [0.5, 0.6) is 0 Å². The Labute approximate surface area is 95.0 Å². The minimum absolute atomic E-state index is 0.658. The van der Waals surface area contributed by atoms with E-state index in [1.165, 1.54) is 0 Å². The molecule has 0 unspecified atom stereocenters. The van der Waals surface area contributed by atoms with Gasteiger partial charge in [-0.15, -0.1) is 0 Å². The molecule has 1 rings (SSSR count). The van der Waals surface area contributed by atoms with Gasteiger partial charge in [-0.25, -0.2) is 0 Å². The zero-order chi connectivity index (χ0) is 11.3. The first kappa shape index (κ1) is 11.9. The Balaban J connectivity index is 3.16. The third kappa shape index (κ3) is 2.63. The van der Waals surface area contributed by atoms with Crippen molar-refractivity contribution in [3.8, 4) is 0 Å². The average Bonchev–Trinajstić information content (AvgIpc) is 2.24. The second-order valence-corrected chi connectivity index (χ2v) is 3.48. The van der Waals surface area contributed by atoms with Gasteiger partial charge in [0.15, 0.2) is 0 Å². The van der Waals surface area contributed by atoms with E-state index in [0.717, 1.165) is 24.5 Å². The van der Waals surface area contributed by atoms with Gasteiger partial charge in [0.25, 0.3) is 0 Å². The first-order chi connectivity index (χ1) is 7.24. The van der Waals surface area contributed by atoms with Gasteiger partial charge in [0.1, 0.15) is 0 Å². The summed E-state index contributed by atoms with van der Waals surface area (Å²) >= 11 is 6.12. The van der Waals surface area contributed by atoms with Crippen LogP contribution in [0.25, 0.3) is 0 Å². The summed E-state index contributed by atoms with van der Waals surface area (Å²) in [7, 11) is 0. The number of nitrogens with zero attached hydrogens (tertiary/aromatic N) is 1. The molecule has 0 heterocycles. The lowest BCUT2D eigenvalue weighted by molar-refractivity contribution is -0.105. The molecule has 1 N–H and O–H groups in total. The molecule has 0 saturated carbocycles. The van der Waals surface area contributed by atoms with Gasteiger partial charge in [0.2, 0.25) is 6.41 Å². The van der Waals surface area contributed by atoms with Crippen LogP contribution in [-0.2, 0) is 4.79 Å². The molecule has 0 aliphatic rings. The largest absolute Gasteiger partial charge is 0.369 e. The second kappa shape index (κ2) is 5.61. The summed E-state index contributed by atoms with van der Waals surface area (Å²) in [5.74, 6) is 0. The summed E-state index contributed by atoms with van der Waals surface area (Å²) in [5, 5.41) is 3.32. The van der Waals surface area contributed by atoms with E-state index in [4.69, 9.17) is 11.6 Å². The number of carbonyl (C=O) groups excluding carboxylic acids is 1. The van der Waals surface area contributed by atoms with E-state index >= 15 is 0 Å². The quantitative estimate of drug-likeness (QED) is 0.783. The maximum Gasteiger partial charge on any atom is 0.211 e. The monoisotopic (exact) mass is 226 g/mol. The first-order valence-corrected chi connectivity index (χ1v) is 5.36. The number of anilines is 2. The van der Waals surface area contributed by atoms with Crippen LogP contribution in [0.4, 0.5) is 11.4 Å². The summed E-state index contributed by atoms with van der Waals surface area (Å²) in [6, 6.07) is 5.49. The molecule has 0 fully saturated rings. The molecule has 3 nitrogen and oxygen atoms in total. The molecule has 82 valence electrons. The highest BCUT2D eigenvalue weighted by Gasteiger charge is 2.11. The summed E-state index contributed by atoms with van der Waals surface area (Å²) in [5.41, 5.74) is 1.64. The van der Waals surface area contributed by atoms with Crippen LogP contribution in [0.15, 0.2) is 18.2 Å². The first-order valence-electron chi connectivity index (χ1n) is 4.98. The van der Waals surface area contributed by atoms with Gasteiger partial charge >= 0.3 is 0 Å². The lowest BCUT2D eigenvalue weighted by Gasteiger charge is -2.24. The van der Waals surface area contributed by atoms with Crippen molar-refractivity contribution in [2.75, 3.05) is 23.3 Å². The fourth-order valence-electron chi connectivity index (χ4n) is 1.56. The molecule has 0 saturated heterocycles. The molecule has 0 atom stereocenters. The van der Waals surface area contributed by atoms with Crippen LogP contribution in [0.2, 0.25) is 5.02 Å². The minimum Gasteiger partial charge on any atom is -0.369 e. The molecule has 0 radical (unpaired) electrons. The van der Waals surface area contributed by atoms with Crippen LogP contribution < -0.4 is 10.2 Å². The van der Waals surface area contributed by atoms with Gasteiger partial charge in [-0.3, -0.25) is 4.79 Å². The summed E-state index contributed by atoms with van der Waals surface area (Å²) in [6.45, 7) is 5.82. The van der Waals surface area contributed by atoms with Crippen molar-refractivity contribution in [1.82, 2.24) is 0 Å². The Hall–Kier alpha value is -1.22. The van der Waals surface area contributed by atoms with Crippen molar-refractivity contribution in [2.24, 2.45) is 0 Å².